The molecule has 0 bridgehead atoms. The molecule has 2 aliphatic heterocycles. The molecule has 4 rings (SSSR count). The number of fused-ring (bicyclic) bond motifs is 1. The number of carbonyl (C=O) groups is 4. The number of thioether (sulfide) groups is 2. The minimum absolute atomic E-state index is 0.0512. The molecule has 0 saturated carbocycles. The van der Waals surface area contributed by atoms with Crippen LogP contribution in [0.15, 0.2) is 45.9 Å². The maximum atomic E-state index is 13.4. The van der Waals surface area contributed by atoms with Crippen molar-refractivity contribution in [2.45, 2.75) is 62.8 Å². The Morgan fingerprint density at radius 2 is 1.90 bits per heavy atom. The molecule has 0 spiro atoms. The fraction of sp³-hybridized carbons (Fsp3) is 0.462. The Balaban J connectivity index is 1.51. The standard InChI is InChI=1S/C26H30N4O7S3/c1-13-28-29-25(40-13)39-12-16-11-38-22-17(27-20(32)19(31)15-9-7-6-8-10-15)21(33)30(22)18(16)23(34)36-14(2)37-24(35)26(3,4)5/h6-10,14,17,19,22,31H,11-12H2,1-5H3,(H,27,32)/t14?,17?,19?,22-/m0/s1. The van der Waals surface area contributed by atoms with Crippen LogP contribution in [0.5, 0.6) is 0 Å². The lowest BCUT2D eigenvalue weighted by Crippen LogP contribution is -2.71. The molecule has 1 aromatic heterocycles. The van der Waals surface area contributed by atoms with Gasteiger partial charge in [0.25, 0.3) is 11.8 Å². The van der Waals surface area contributed by atoms with Crippen LogP contribution in [0.1, 0.15) is 44.4 Å². The summed E-state index contributed by atoms with van der Waals surface area (Å²) in [6.45, 7) is 8.32. The number of hydrogen-bond donors (Lipinski definition) is 2. The highest BCUT2D eigenvalue weighted by atomic mass is 32.2. The number of nitrogens with one attached hydrogen (secondary N) is 1. The highest BCUT2D eigenvalue weighted by Gasteiger charge is 2.55. The Labute approximate surface area is 244 Å². The number of nitrogens with zero attached hydrogens (tertiary/aromatic N) is 3. The molecule has 2 N–H and O–H groups in total. The minimum atomic E-state index is -1.45. The largest absolute Gasteiger partial charge is 0.425 e. The quantitative estimate of drug-likeness (QED) is 0.188. The van der Waals surface area contributed by atoms with Gasteiger partial charge in [0, 0.05) is 18.4 Å². The normalized spacial score (nSPS) is 20.2. The first-order chi connectivity index (χ1) is 18.9. The van der Waals surface area contributed by atoms with E-state index in [2.05, 4.69) is 15.5 Å². The summed E-state index contributed by atoms with van der Waals surface area (Å²) in [5, 5.41) is 21.4. The van der Waals surface area contributed by atoms with Crippen molar-refractivity contribution in [3.63, 3.8) is 0 Å². The molecular weight excluding hydrogens is 577 g/mol. The monoisotopic (exact) mass is 606 g/mol. The molecule has 3 heterocycles. The van der Waals surface area contributed by atoms with Crippen molar-refractivity contribution < 1.29 is 33.8 Å². The van der Waals surface area contributed by atoms with Crippen LogP contribution >= 0.6 is 34.9 Å². The first-order valence-electron chi connectivity index (χ1n) is 12.4. The number of aliphatic hydroxyl groups excluding tert-OH is 1. The Morgan fingerprint density at radius 3 is 2.52 bits per heavy atom. The number of hydrogen-bond acceptors (Lipinski definition) is 12. The molecule has 2 amide bonds. The van der Waals surface area contributed by atoms with Crippen LogP contribution in [0.3, 0.4) is 0 Å². The summed E-state index contributed by atoms with van der Waals surface area (Å²) in [6, 6.07) is 7.45. The lowest BCUT2D eigenvalue weighted by Gasteiger charge is -2.50. The van der Waals surface area contributed by atoms with Crippen molar-refractivity contribution in [3.8, 4) is 0 Å². The summed E-state index contributed by atoms with van der Waals surface area (Å²) >= 11 is 4.19. The lowest BCUT2D eigenvalue weighted by molar-refractivity contribution is -0.190. The molecule has 1 saturated heterocycles. The van der Waals surface area contributed by atoms with E-state index in [1.54, 1.807) is 51.1 Å². The van der Waals surface area contributed by atoms with E-state index in [4.69, 9.17) is 9.47 Å². The topological polar surface area (TPSA) is 148 Å². The lowest BCUT2D eigenvalue weighted by atomic mass is 9.97. The summed E-state index contributed by atoms with van der Waals surface area (Å²) in [5.41, 5.74) is 0.294. The van der Waals surface area contributed by atoms with Gasteiger partial charge >= 0.3 is 11.9 Å². The molecule has 2 aliphatic rings. The van der Waals surface area contributed by atoms with Crippen LogP contribution in [0, 0.1) is 12.3 Å². The molecule has 40 heavy (non-hydrogen) atoms. The first kappa shape index (κ1) is 30.0. The van der Waals surface area contributed by atoms with Crippen LogP contribution < -0.4 is 5.32 Å². The summed E-state index contributed by atoms with van der Waals surface area (Å²) in [4.78, 5) is 53.0. The molecule has 0 aliphatic carbocycles. The number of benzene rings is 1. The maximum absolute atomic E-state index is 13.4. The molecule has 0 radical (unpaired) electrons. The number of aromatic nitrogens is 2. The van der Waals surface area contributed by atoms with Crippen LogP contribution in [-0.2, 0) is 28.7 Å². The number of aliphatic hydroxyl groups is 1. The maximum Gasteiger partial charge on any atom is 0.358 e. The molecule has 214 valence electrons. The van der Waals surface area contributed by atoms with Gasteiger partial charge in [0.05, 0.1) is 5.41 Å². The van der Waals surface area contributed by atoms with Gasteiger partial charge in [-0.05, 0) is 38.8 Å². The van der Waals surface area contributed by atoms with E-state index in [-0.39, 0.29) is 5.70 Å². The third kappa shape index (κ3) is 6.67. The Kier molecular flexibility index (Phi) is 9.22. The zero-order chi connectivity index (χ0) is 29.2. The van der Waals surface area contributed by atoms with E-state index in [0.29, 0.717) is 27.0 Å². The molecule has 11 nitrogen and oxygen atoms in total. The van der Waals surface area contributed by atoms with Crippen molar-refractivity contribution >= 4 is 58.6 Å². The van der Waals surface area contributed by atoms with Gasteiger partial charge in [0.1, 0.15) is 22.1 Å². The third-order valence-electron chi connectivity index (χ3n) is 5.94. The van der Waals surface area contributed by atoms with Gasteiger partial charge in [0.2, 0.25) is 6.29 Å². The first-order valence-corrected chi connectivity index (χ1v) is 15.3. The van der Waals surface area contributed by atoms with Gasteiger partial charge in [0.15, 0.2) is 10.4 Å². The van der Waals surface area contributed by atoms with Crippen molar-refractivity contribution in [1.82, 2.24) is 20.4 Å². The smallest absolute Gasteiger partial charge is 0.358 e. The predicted octanol–water partition coefficient (Wildman–Crippen LogP) is 2.80. The van der Waals surface area contributed by atoms with Crippen molar-refractivity contribution in [1.29, 1.82) is 0 Å². The zero-order valence-electron chi connectivity index (χ0n) is 22.6. The second-order valence-corrected chi connectivity index (χ2v) is 13.7. The Morgan fingerprint density at radius 1 is 1.20 bits per heavy atom. The molecule has 3 unspecified atom stereocenters. The van der Waals surface area contributed by atoms with Gasteiger partial charge in [-0.25, -0.2) is 4.79 Å². The number of ether oxygens (including phenoxy) is 2. The summed E-state index contributed by atoms with van der Waals surface area (Å²) < 4.78 is 11.4. The second-order valence-electron chi connectivity index (χ2n) is 10.2. The molecule has 1 fully saturated rings. The number of carbonyl (C=O) groups excluding carboxylic acids is 4. The van der Waals surface area contributed by atoms with Crippen molar-refractivity contribution in [2.24, 2.45) is 5.41 Å². The fourth-order valence-electron chi connectivity index (χ4n) is 3.85. The Hall–Kier alpha value is -2.94. The van der Waals surface area contributed by atoms with E-state index in [1.165, 1.54) is 46.7 Å². The van der Waals surface area contributed by atoms with Crippen molar-refractivity contribution in [2.75, 3.05) is 11.5 Å². The summed E-state index contributed by atoms with van der Waals surface area (Å²) in [7, 11) is 0. The average molecular weight is 607 g/mol. The number of aryl methyl sites for hydroxylation is 1. The average Bonchev–Trinajstić information content (AvgIpc) is 3.33. The Bertz CT molecular complexity index is 1330. The van der Waals surface area contributed by atoms with Crippen LogP contribution in [0.2, 0.25) is 0 Å². The molecule has 14 heteroatoms. The van der Waals surface area contributed by atoms with E-state index >= 15 is 0 Å². The highest BCUT2D eigenvalue weighted by molar-refractivity contribution is 8.01. The summed E-state index contributed by atoms with van der Waals surface area (Å²) in [5.74, 6) is -1.84. The highest BCUT2D eigenvalue weighted by Crippen LogP contribution is 2.42. The van der Waals surface area contributed by atoms with Crippen LogP contribution in [0.25, 0.3) is 0 Å². The van der Waals surface area contributed by atoms with Crippen LogP contribution in [-0.4, -0.2) is 73.2 Å². The van der Waals surface area contributed by atoms with E-state index < -0.39 is 53.0 Å². The second kappa shape index (κ2) is 12.3. The molecule has 4 atom stereocenters. The van der Waals surface area contributed by atoms with Gasteiger partial charge in [-0.15, -0.1) is 22.0 Å². The van der Waals surface area contributed by atoms with Crippen molar-refractivity contribution in [3.05, 3.63) is 52.2 Å². The molecule has 2 aromatic rings. The zero-order valence-corrected chi connectivity index (χ0v) is 25.0. The van der Waals surface area contributed by atoms with E-state index in [0.717, 1.165) is 5.01 Å². The minimum Gasteiger partial charge on any atom is -0.425 e. The van der Waals surface area contributed by atoms with Gasteiger partial charge in [-0.2, -0.15) is 0 Å². The molecule has 1 aromatic carbocycles. The number of esters is 2. The summed E-state index contributed by atoms with van der Waals surface area (Å²) in [6.07, 6.45) is -2.63. The van der Waals surface area contributed by atoms with Gasteiger partial charge in [-0.3, -0.25) is 19.3 Å². The van der Waals surface area contributed by atoms with E-state index in [9.17, 15) is 24.3 Å². The third-order valence-corrected chi connectivity index (χ3v) is 9.34. The SMILES string of the molecule is Cc1nnc(SCC2=C(C(=O)OC(C)OC(=O)C(C)(C)C)N3C(=O)C(NC(=O)C(O)c4ccccc4)[C@@H]3SC2)s1. The fourth-order valence-corrected chi connectivity index (χ4v) is 7.15. The number of rotatable bonds is 9. The number of β-lactam (4-membered cyclic amide) rings is 1. The van der Waals surface area contributed by atoms with Gasteiger partial charge < -0.3 is 19.9 Å². The van der Waals surface area contributed by atoms with Crippen LogP contribution in [0.4, 0.5) is 0 Å². The predicted molar refractivity (Wildman–Crippen MR) is 150 cm³/mol. The van der Waals surface area contributed by atoms with E-state index in [1.807, 2.05) is 6.92 Å². The molecular formula is C26H30N4O7S3. The number of amides is 2. The van der Waals surface area contributed by atoms with Gasteiger partial charge in [-0.1, -0.05) is 53.4 Å².